The SMILES string of the molecule is COc1cc(CC(=O)Nc2cc([C@H]3C[CH]CC3)[nH]n2)c(S(C)(=O)=O)cn1. The van der Waals surface area contributed by atoms with E-state index in [9.17, 15) is 13.2 Å². The number of rotatable bonds is 6. The van der Waals surface area contributed by atoms with E-state index in [0.29, 0.717) is 17.3 Å². The maximum Gasteiger partial charge on any atom is 0.230 e. The third-order valence-corrected chi connectivity index (χ3v) is 5.52. The molecule has 1 radical (unpaired) electrons. The first-order chi connectivity index (χ1) is 12.4. The number of carbonyl (C=O) groups excluding carboxylic acids is 1. The van der Waals surface area contributed by atoms with Gasteiger partial charge in [0.05, 0.1) is 18.4 Å². The minimum Gasteiger partial charge on any atom is -0.481 e. The van der Waals surface area contributed by atoms with Gasteiger partial charge in [0.1, 0.15) is 0 Å². The van der Waals surface area contributed by atoms with Gasteiger partial charge in [-0.05, 0) is 31.2 Å². The molecule has 2 heterocycles. The molecular formula is C17H21N4O4S. The van der Waals surface area contributed by atoms with Crippen molar-refractivity contribution in [2.45, 2.75) is 36.5 Å². The van der Waals surface area contributed by atoms with Crippen molar-refractivity contribution >= 4 is 21.6 Å². The zero-order chi connectivity index (χ0) is 18.7. The largest absolute Gasteiger partial charge is 0.481 e. The second-order valence-electron chi connectivity index (χ2n) is 6.34. The highest BCUT2D eigenvalue weighted by Crippen LogP contribution is 2.33. The summed E-state index contributed by atoms with van der Waals surface area (Å²) in [5.74, 6) is 0.729. The Labute approximate surface area is 152 Å². The molecule has 0 spiro atoms. The van der Waals surface area contributed by atoms with E-state index in [4.69, 9.17) is 4.74 Å². The molecule has 0 saturated heterocycles. The summed E-state index contributed by atoms with van der Waals surface area (Å²) in [5, 5.41) is 9.78. The number of H-pyrrole nitrogens is 1. The Bertz CT molecular complexity index is 901. The highest BCUT2D eigenvalue weighted by atomic mass is 32.2. The van der Waals surface area contributed by atoms with Gasteiger partial charge in [0.25, 0.3) is 0 Å². The van der Waals surface area contributed by atoms with Crippen LogP contribution >= 0.6 is 0 Å². The molecule has 1 aliphatic rings. The van der Waals surface area contributed by atoms with Crippen molar-refractivity contribution in [1.29, 1.82) is 0 Å². The number of anilines is 1. The topological polar surface area (TPSA) is 114 Å². The normalized spacial score (nSPS) is 15.2. The number of carbonyl (C=O) groups is 1. The predicted molar refractivity (Wildman–Crippen MR) is 95.7 cm³/mol. The molecule has 1 fully saturated rings. The fourth-order valence-corrected chi connectivity index (χ4v) is 3.91. The van der Waals surface area contributed by atoms with Gasteiger partial charge in [0.15, 0.2) is 15.7 Å². The van der Waals surface area contributed by atoms with Crippen molar-refractivity contribution in [2.24, 2.45) is 0 Å². The highest BCUT2D eigenvalue weighted by molar-refractivity contribution is 7.90. The third-order valence-electron chi connectivity index (χ3n) is 4.36. The molecule has 3 rings (SSSR count). The van der Waals surface area contributed by atoms with Gasteiger partial charge in [-0.3, -0.25) is 9.89 Å². The zero-order valence-corrected chi connectivity index (χ0v) is 15.5. The van der Waals surface area contributed by atoms with Crippen LogP contribution in [0.2, 0.25) is 0 Å². The fourth-order valence-electron chi connectivity index (χ4n) is 3.05. The number of nitrogens with zero attached hydrogens (tertiary/aromatic N) is 2. The van der Waals surface area contributed by atoms with Gasteiger partial charge in [-0.1, -0.05) is 0 Å². The molecule has 139 valence electrons. The van der Waals surface area contributed by atoms with Crippen molar-refractivity contribution in [3.05, 3.63) is 36.0 Å². The average molecular weight is 377 g/mol. The standard InChI is InChI=1S/C17H21N4O4S/c1-25-17-8-12(14(10-18-17)26(2,23)24)7-16(22)19-15-9-13(20-21-15)11-5-3-4-6-11/h3,8-11H,4-7H2,1-2H3,(H2,19,20,21,22)/t11-/m0/s1. The van der Waals surface area contributed by atoms with Crippen LogP contribution in [0.1, 0.15) is 36.4 Å². The maximum absolute atomic E-state index is 12.4. The van der Waals surface area contributed by atoms with Crippen molar-refractivity contribution in [1.82, 2.24) is 15.2 Å². The molecule has 0 aromatic carbocycles. The minimum absolute atomic E-state index is 0.0117. The van der Waals surface area contributed by atoms with E-state index < -0.39 is 9.84 Å². The molecule has 26 heavy (non-hydrogen) atoms. The predicted octanol–water partition coefficient (Wildman–Crippen LogP) is 1.87. The Morgan fingerprint density at radius 3 is 2.88 bits per heavy atom. The van der Waals surface area contributed by atoms with Crippen LogP contribution in [0.5, 0.6) is 5.88 Å². The summed E-state index contributed by atoms with van der Waals surface area (Å²) < 4.78 is 28.8. The summed E-state index contributed by atoms with van der Waals surface area (Å²) in [6.07, 6.45) is 7.57. The molecule has 1 amide bonds. The van der Waals surface area contributed by atoms with Gasteiger partial charge in [0, 0.05) is 36.2 Å². The average Bonchev–Trinajstić information content (AvgIpc) is 3.24. The Morgan fingerprint density at radius 1 is 1.42 bits per heavy atom. The zero-order valence-electron chi connectivity index (χ0n) is 14.7. The molecule has 1 saturated carbocycles. The summed E-state index contributed by atoms with van der Waals surface area (Å²) in [6, 6.07) is 3.28. The minimum atomic E-state index is -3.51. The van der Waals surface area contributed by atoms with Crippen LogP contribution in [-0.4, -0.2) is 42.9 Å². The van der Waals surface area contributed by atoms with E-state index in [2.05, 4.69) is 26.9 Å². The molecule has 9 heteroatoms. The number of pyridine rings is 1. The first-order valence-corrected chi connectivity index (χ1v) is 10.2. The van der Waals surface area contributed by atoms with Gasteiger partial charge < -0.3 is 10.1 Å². The van der Waals surface area contributed by atoms with E-state index in [1.54, 1.807) is 0 Å². The first kappa shape index (κ1) is 18.4. The van der Waals surface area contributed by atoms with Crippen molar-refractivity contribution in [3.63, 3.8) is 0 Å². The van der Waals surface area contributed by atoms with E-state index in [1.807, 2.05) is 6.07 Å². The summed E-state index contributed by atoms with van der Waals surface area (Å²) >= 11 is 0. The van der Waals surface area contributed by atoms with Gasteiger partial charge in [-0.25, -0.2) is 13.4 Å². The number of aromatic nitrogens is 3. The molecule has 8 nitrogen and oxygen atoms in total. The van der Waals surface area contributed by atoms with Crippen molar-refractivity contribution in [3.8, 4) is 5.88 Å². The van der Waals surface area contributed by atoms with Crippen LogP contribution < -0.4 is 10.1 Å². The Morgan fingerprint density at radius 2 is 2.23 bits per heavy atom. The Kier molecular flexibility index (Phi) is 5.26. The van der Waals surface area contributed by atoms with Gasteiger partial charge in [0.2, 0.25) is 11.8 Å². The summed E-state index contributed by atoms with van der Waals surface area (Å²) in [5.41, 5.74) is 1.33. The van der Waals surface area contributed by atoms with Crippen LogP contribution in [0.15, 0.2) is 23.2 Å². The number of aromatic amines is 1. The van der Waals surface area contributed by atoms with Crippen LogP contribution in [0.4, 0.5) is 5.82 Å². The number of ether oxygens (including phenoxy) is 1. The molecule has 0 unspecified atom stereocenters. The van der Waals surface area contributed by atoms with E-state index in [-0.39, 0.29) is 23.1 Å². The lowest BCUT2D eigenvalue weighted by atomic mass is 10.0. The number of hydrogen-bond acceptors (Lipinski definition) is 6. The smallest absolute Gasteiger partial charge is 0.230 e. The van der Waals surface area contributed by atoms with Crippen LogP contribution in [-0.2, 0) is 21.1 Å². The highest BCUT2D eigenvalue weighted by Gasteiger charge is 2.21. The van der Waals surface area contributed by atoms with Crippen molar-refractivity contribution in [2.75, 3.05) is 18.7 Å². The molecule has 1 atom stereocenters. The quantitative estimate of drug-likeness (QED) is 0.794. The number of methoxy groups -OCH3 is 1. The summed E-state index contributed by atoms with van der Waals surface area (Å²) in [6.45, 7) is 0. The lowest BCUT2D eigenvalue weighted by molar-refractivity contribution is -0.115. The van der Waals surface area contributed by atoms with Gasteiger partial charge >= 0.3 is 0 Å². The summed E-state index contributed by atoms with van der Waals surface area (Å²) in [7, 11) is -2.08. The molecular weight excluding hydrogens is 356 g/mol. The van der Waals surface area contributed by atoms with Crippen LogP contribution in [0, 0.1) is 6.42 Å². The number of amides is 1. The second kappa shape index (κ2) is 7.45. The maximum atomic E-state index is 12.4. The number of nitrogens with one attached hydrogen (secondary N) is 2. The van der Waals surface area contributed by atoms with E-state index >= 15 is 0 Å². The monoisotopic (exact) mass is 377 g/mol. The third kappa shape index (κ3) is 4.21. The fraction of sp³-hybridized carbons (Fsp3) is 0.412. The van der Waals surface area contributed by atoms with Crippen molar-refractivity contribution < 1.29 is 17.9 Å². The van der Waals surface area contributed by atoms with E-state index in [1.165, 1.54) is 19.4 Å². The van der Waals surface area contributed by atoms with Crippen LogP contribution in [0.25, 0.3) is 0 Å². The lowest BCUT2D eigenvalue weighted by Crippen LogP contribution is -2.17. The second-order valence-corrected chi connectivity index (χ2v) is 8.32. The molecule has 0 bridgehead atoms. The number of sulfone groups is 1. The molecule has 2 aromatic heterocycles. The lowest BCUT2D eigenvalue weighted by Gasteiger charge is -2.09. The van der Waals surface area contributed by atoms with Gasteiger partial charge in [-0.15, -0.1) is 0 Å². The first-order valence-electron chi connectivity index (χ1n) is 8.26. The van der Waals surface area contributed by atoms with Gasteiger partial charge in [-0.2, -0.15) is 5.10 Å². The Hall–Kier alpha value is -2.42. The number of hydrogen-bond donors (Lipinski definition) is 2. The molecule has 0 aliphatic heterocycles. The van der Waals surface area contributed by atoms with Crippen LogP contribution in [0.3, 0.4) is 0 Å². The Balaban J connectivity index is 1.73. The molecule has 1 aliphatic carbocycles. The van der Waals surface area contributed by atoms with E-state index in [0.717, 1.165) is 31.2 Å². The molecule has 2 aromatic rings. The summed E-state index contributed by atoms with van der Waals surface area (Å²) in [4.78, 5) is 16.3. The molecule has 2 N–H and O–H groups in total.